The second-order valence-corrected chi connectivity index (χ2v) is 6.10. The average molecular weight is 377 g/mol. The molecule has 0 spiro atoms. The third-order valence-electron chi connectivity index (χ3n) is 3.35. The van der Waals surface area contributed by atoms with Crippen molar-refractivity contribution in [2.75, 3.05) is 5.32 Å². The predicted molar refractivity (Wildman–Crippen MR) is 96.7 cm³/mol. The average Bonchev–Trinajstić information content (AvgIpc) is 2.91. The number of carbonyl (C=O) groups excluding carboxylic acids is 1. The molecule has 0 bridgehead atoms. The van der Waals surface area contributed by atoms with Crippen LogP contribution in [0.25, 0.3) is 0 Å². The SMILES string of the molecule is Cc1cc(C(=O)Nc2ccc(Oc3c(Cl)cccc3Cl)nc2)n(C)n1. The third kappa shape index (κ3) is 3.92. The lowest BCUT2D eigenvalue weighted by Crippen LogP contribution is -2.16. The molecule has 0 radical (unpaired) electrons. The number of hydrogen-bond acceptors (Lipinski definition) is 4. The van der Waals surface area contributed by atoms with Crippen LogP contribution in [0.1, 0.15) is 16.2 Å². The Hall–Kier alpha value is -2.57. The van der Waals surface area contributed by atoms with Gasteiger partial charge in [-0.05, 0) is 31.2 Å². The van der Waals surface area contributed by atoms with Crippen LogP contribution in [-0.4, -0.2) is 20.7 Å². The first-order valence-electron chi connectivity index (χ1n) is 7.34. The Morgan fingerprint density at radius 1 is 1.20 bits per heavy atom. The quantitative estimate of drug-likeness (QED) is 0.728. The lowest BCUT2D eigenvalue weighted by Gasteiger charge is -2.09. The summed E-state index contributed by atoms with van der Waals surface area (Å²) in [7, 11) is 1.71. The highest BCUT2D eigenvalue weighted by atomic mass is 35.5. The smallest absolute Gasteiger partial charge is 0.273 e. The fourth-order valence-electron chi connectivity index (χ4n) is 2.22. The van der Waals surface area contributed by atoms with Crippen LogP contribution in [-0.2, 0) is 7.05 Å². The molecule has 1 N–H and O–H groups in total. The molecule has 0 aliphatic rings. The van der Waals surface area contributed by atoms with E-state index < -0.39 is 0 Å². The second-order valence-electron chi connectivity index (χ2n) is 5.29. The van der Waals surface area contributed by atoms with Gasteiger partial charge in [-0.15, -0.1) is 0 Å². The molecular formula is C17H14Cl2N4O2. The minimum Gasteiger partial charge on any atom is -0.436 e. The van der Waals surface area contributed by atoms with Gasteiger partial charge in [-0.2, -0.15) is 5.10 Å². The van der Waals surface area contributed by atoms with Gasteiger partial charge in [-0.25, -0.2) is 4.98 Å². The van der Waals surface area contributed by atoms with Crippen molar-refractivity contribution in [2.24, 2.45) is 7.05 Å². The van der Waals surface area contributed by atoms with E-state index in [1.54, 1.807) is 43.4 Å². The first kappa shape index (κ1) is 17.3. The summed E-state index contributed by atoms with van der Waals surface area (Å²) in [6.45, 7) is 1.82. The van der Waals surface area contributed by atoms with Crippen LogP contribution in [0.5, 0.6) is 11.6 Å². The number of pyridine rings is 1. The molecule has 8 heteroatoms. The van der Waals surface area contributed by atoms with E-state index in [1.807, 2.05) is 6.92 Å². The lowest BCUT2D eigenvalue weighted by molar-refractivity contribution is 0.101. The van der Waals surface area contributed by atoms with Gasteiger partial charge in [0.25, 0.3) is 5.91 Å². The summed E-state index contributed by atoms with van der Waals surface area (Å²) >= 11 is 12.1. The van der Waals surface area contributed by atoms with Gasteiger partial charge in [0.05, 0.1) is 27.6 Å². The highest BCUT2D eigenvalue weighted by Gasteiger charge is 2.13. The first-order chi connectivity index (χ1) is 11.9. The van der Waals surface area contributed by atoms with Crippen LogP contribution in [0.4, 0.5) is 5.69 Å². The molecule has 2 heterocycles. The molecule has 0 aliphatic heterocycles. The summed E-state index contributed by atoms with van der Waals surface area (Å²) in [6.07, 6.45) is 1.49. The fraction of sp³-hybridized carbons (Fsp3) is 0.118. The molecule has 6 nitrogen and oxygen atoms in total. The van der Waals surface area contributed by atoms with Crippen molar-refractivity contribution in [1.82, 2.24) is 14.8 Å². The number of carbonyl (C=O) groups is 1. The molecule has 25 heavy (non-hydrogen) atoms. The molecule has 128 valence electrons. The number of nitrogens with zero attached hydrogens (tertiary/aromatic N) is 3. The van der Waals surface area contributed by atoms with Gasteiger partial charge in [-0.1, -0.05) is 29.3 Å². The van der Waals surface area contributed by atoms with E-state index in [9.17, 15) is 4.79 Å². The van der Waals surface area contributed by atoms with Crippen molar-refractivity contribution in [1.29, 1.82) is 0 Å². The molecule has 0 aliphatic carbocycles. The van der Waals surface area contributed by atoms with Gasteiger partial charge < -0.3 is 10.1 Å². The fourth-order valence-corrected chi connectivity index (χ4v) is 2.69. The van der Waals surface area contributed by atoms with Crippen LogP contribution >= 0.6 is 23.2 Å². The van der Waals surface area contributed by atoms with Crippen LogP contribution in [0, 0.1) is 6.92 Å². The number of ether oxygens (including phenoxy) is 1. The number of benzene rings is 1. The number of rotatable bonds is 4. The molecule has 0 atom stereocenters. The van der Waals surface area contributed by atoms with Gasteiger partial charge in [0, 0.05) is 13.1 Å². The summed E-state index contributed by atoms with van der Waals surface area (Å²) in [4.78, 5) is 16.4. The largest absolute Gasteiger partial charge is 0.436 e. The first-order valence-corrected chi connectivity index (χ1v) is 8.09. The number of aryl methyl sites for hydroxylation is 2. The van der Waals surface area contributed by atoms with E-state index >= 15 is 0 Å². The zero-order valence-electron chi connectivity index (χ0n) is 13.5. The summed E-state index contributed by atoms with van der Waals surface area (Å²) in [5.74, 6) is 0.373. The highest BCUT2D eigenvalue weighted by Crippen LogP contribution is 2.35. The third-order valence-corrected chi connectivity index (χ3v) is 3.95. The minimum atomic E-state index is -0.271. The Kier molecular flexibility index (Phi) is 4.92. The monoisotopic (exact) mass is 376 g/mol. The molecule has 0 saturated carbocycles. The topological polar surface area (TPSA) is 69.0 Å². The Labute approximate surface area is 154 Å². The van der Waals surface area contributed by atoms with Crippen LogP contribution in [0.3, 0.4) is 0 Å². The second kappa shape index (κ2) is 7.13. The molecule has 2 aromatic heterocycles. The Balaban J connectivity index is 1.72. The summed E-state index contributed by atoms with van der Waals surface area (Å²) < 4.78 is 7.13. The van der Waals surface area contributed by atoms with Crippen molar-refractivity contribution in [3.63, 3.8) is 0 Å². The number of para-hydroxylation sites is 1. The van der Waals surface area contributed by atoms with Gasteiger partial charge in [0.2, 0.25) is 5.88 Å². The summed E-state index contributed by atoms with van der Waals surface area (Å²) in [5, 5.41) is 7.68. The maximum Gasteiger partial charge on any atom is 0.273 e. The van der Waals surface area contributed by atoms with Crippen LogP contribution < -0.4 is 10.1 Å². The van der Waals surface area contributed by atoms with Gasteiger partial charge in [0.15, 0.2) is 5.75 Å². The Morgan fingerprint density at radius 2 is 1.92 bits per heavy atom. The van der Waals surface area contributed by atoms with Crippen molar-refractivity contribution in [3.8, 4) is 11.6 Å². The van der Waals surface area contributed by atoms with Gasteiger partial charge in [0.1, 0.15) is 5.69 Å². The number of anilines is 1. The Morgan fingerprint density at radius 3 is 2.48 bits per heavy atom. The standard InChI is InChI=1S/C17H14Cl2N4O2/c1-10-8-14(23(2)22-10)17(24)21-11-6-7-15(20-9-11)25-16-12(18)4-3-5-13(16)19/h3-9H,1-2H3,(H,21,24). The maximum absolute atomic E-state index is 12.2. The van der Waals surface area contributed by atoms with Gasteiger partial charge >= 0.3 is 0 Å². The zero-order chi connectivity index (χ0) is 18.0. The van der Waals surface area contributed by atoms with E-state index in [1.165, 1.54) is 10.9 Å². The van der Waals surface area contributed by atoms with Crippen molar-refractivity contribution < 1.29 is 9.53 Å². The molecule has 3 rings (SSSR count). The number of nitrogens with one attached hydrogen (secondary N) is 1. The minimum absolute atomic E-state index is 0.271. The van der Waals surface area contributed by atoms with Crippen LogP contribution in [0.15, 0.2) is 42.6 Å². The molecule has 1 aromatic carbocycles. The van der Waals surface area contributed by atoms with Crippen LogP contribution in [0.2, 0.25) is 10.0 Å². The van der Waals surface area contributed by atoms with E-state index in [0.29, 0.717) is 33.1 Å². The lowest BCUT2D eigenvalue weighted by atomic mass is 10.3. The zero-order valence-corrected chi connectivity index (χ0v) is 15.0. The molecule has 0 unspecified atom stereocenters. The summed E-state index contributed by atoms with van der Waals surface area (Å²) in [6, 6.07) is 10.1. The maximum atomic E-state index is 12.2. The molecule has 1 amide bonds. The highest BCUT2D eigenvalue weighted by molar-refractivity contribution is 6.37. The number of hydrogen-bond donors (Lipinski definition) is 1. The van der Waals surface area contributed by atoms with Crippen molar-refractivity contribution >= 4 is 34.8 Å². The van der Waals surface area contributed by atoms with Gasteiger partial charge in [-0.3, -0.25) is 9.48 Å². The summed E-state index contributed by atoms with van der Waals surface area (Å²) in [5.41, 5.74) is 1.76. The number of aromatic nitrogens is 3. The molecule has 3 aromatic rings. The molecule has 0 saturated heterocycles. The Bertz CT molecular complexity index is 903. The van der Waals surface area contributed by atoms with E-state index in [0.717, 1.165) is 5.69 Å². The molecular weight excluding hydrogens is 363 g/mol. The molecule has 0 fully saturated rings. The normalized spacial score (nSPS) is 10.6. The predicted octanol–water partition coefficient (Wildman–Crippen LogP) is 4.47. The number of amides is 1. The van der Waals surface area contributed by atoms with Crippen molar-refractivity contribution in [3.05, 3.63) is 64.0 Å². The number of halogens is 2. The van der Waals surface area contributed by atoms with E-state index in [4.69, 9.17) is 27.9 Å². The van der Waals surface area contributed by atoms with Crippen molar-refractivity contribution in [2.45, 2.75) is 6.92 Å². The van der Waals surface area contributed by atoms with E-state index in [-0.39, 0.29) is 5.91 Å². The van der Waals surface area contributed by atoms with E-state index in [2.05, 4.69) is 15.4 Å².